The van der Waals surface area contributed by atoms with Crippen LogP contribution in [-0.4, -0.2) is 29.8 Å². The number of hydrogen-bond acceptors (Lipinski definition) is 4. The first-order valence-corrected chi connectivity index (χ1v) is 9.55. The Balaban J connectivity index is 1.72. The molecule has 3 atom stereocenters. The van der Waals surface area contributed by atoms with Crippen LogP contribution >= 0.6 is 0 Å². The molecule has 0 bridgehead atoms. The zero-order chi connectivity index (χ0) is 19.5. The highest BCUT2D eigenvalue weighted by molar-refractivity contribution is 5.94. The normalized spacial score (nSPS) is 21.3. The minimum absolute atomic E-state index is 0.00415. The Morgan fingerprint density at radius 1 is 0.929 bits per heavy atom. The van der Waals surface area contributed by atoms with Crippen LogP contribution in [0.3, 0.4) is 0 Å². The third-order valence-electron chi connectivity index (χ3n) is 5.26. The summed E-state index contributed by atoms with van der Waals surface area (Å²) >= 11 is 0. The van der Waals surface area contributed by atoms with Crippen molar-refractivity contribution in [3.63, 3.8) is 0 Å². The first kappa shape index (κ1) is 18.5. The summed E-state index contributed by atoms with van der Waals surface area (Å²) in [4.78, 5) is 19.2. The summed E-state index contributed by atoms with van der Waals surface area (Å²) in [5.41, 5.74) is 3.89. The number of ketones is 1. The quantitative estimate of drug-likeness (QED) is 0.605. The van der Waals surface area contributed by atoms with Gasteiger partial charge >= 0.3 is 0 Å². The molecule has 4 rings (SSSR count). The monoisotopic (exact) mass is 372 g/mol. The minimum atomic E-state index is -0.299. The maximum Gasteiger partial charge on any atom is 0.184 e. The fourth-order valence-corrected chi connectivity index (χ4v) is 3.97. The van der Waals surface area contributed by atoms with E-state index in [4.69, 9.17) is 4.74 Å². The highest BCUT2D eigenvalue weighted by Crippen LogP contribution is 2.47. The smallest absolute Gasteiger partial charge is 0.184 e. The van der Waals surface area contributed by atoms with E-state index in [-0.39, 0.29) is 30.5 Å². The number of hydrogen-bond donors (Lipinski definition) is 0. The Labute approximate surface area is 165 Å². The molecule has 0 unspecified atom stereocenters. The fourth-order valence-electron chi connectivity index (χ4n) is 3.97. The number of pyridine rings is 1. The maximum atomic E-state index is 12.8. The van der Waals surface area contributed by atoms with E-state index >= 15 is 0 Å². The number of likely N-dealkylation sites (N-methyl/N-ethyl adjacent to an activating group) is 1. The molecule has 0 fully saturated rings. The second kappa shape index (κ2) is 8.05. The largest absolute Gasteiger partial charge is 0.363 e. The van der Waals surface area contributed by atoms with Gasteiger partial charge in [-0.3, -0.25) is 14.7 Å². The first-order valence-electron chi connectivity index (χ1n) is 9.55. The molecule has 0 saturated heterocycles. The Hall–Kier alpha value is -2.82. The molecule has 142 valence electrons. The van der Waals surface area contributed by atoms with Gasteiger partial charge in [0.25, 0.3) is 0 Å². The van der Waals surface area contributed by atoms with Crippen molar-refractivity contribution in [3.8, 4) is 0 Å². The SMILES string of the molecule is CN(C)[C@H]1c2ccccc2[C@H](CC(=O)c2ccccn2)O[C@@H]1c1ccccc1. The number of fused-ring (bicyclic) bond motifs is 1. The molecule has 1 aliphatic rings. The number of nitrogens with zero attached hydrogens (tertiary/aromatic N) is 2. The highest BCUT2D eigenvalue weighted by Gasteiger charge is 2.38. The van der Waals surface area contributed by atoms with Crippen LogP contribution < -0.4 is 0 Å². The predicted octanol–water partition coefficient (Wildman–Crippen LogP) is 4.77. The molecular weight excluding hydrogens is 348 g/mol. The number of aromatic nitrogens is 1. The molecule has 0 aliphatic carbocycles. The zero-order valence-corrected chi connectivity index (χ0v) is 16.2. The minimum Gasteiger partial charge on any atom is -0.363 e. The van der Waals surface area contributed by atoms with Gasteiger partial charge in [0.05, 0.1) is 12.1 Å². The lowest BCUT2D eigenvalue weighted by Crippen LogP contribution is -2.34. The summed E-state index contributed by atoms with van der Waals surface area (Å²) in [6.07, 6.45) is 1.48. The number of benzene rings is 2. The lowest BCUT2D eigenvalue weighted by atomic mass is 9.85. The van der Waals surface area contributed by atoms with Gasteiger partial charge in [-0.2, -0.15) is 0 Å². The van der Waals surface area contributed by atoms with Gasteiger partial charge in [-0.05, 0) is 42.9 Å². The van der Waals surface area contributed by atoms with Gasteiger partial charge < -0.3 is 4.74 Å². The molecule has 0 N–H and O–H groups in total. The summed E-state index contributed by atoms with van der Waals surface area (Å²) < 4.78 is 6.57. The Bertz CT molecular complexity index is 941. The van der Waals surface area contributed by atoms with Gasteiger partial charge in [-0.25, -0.2) is 0 Å². The van der Waals surface area contributed by atoms with Crippen molar-refractivity contribution in [1.29, 1.82) is 0 Å². The van der Waals surface area contributed by atoms with Gasteiger partial charge in [-0.15, -0.1) is 0 Å². The van der Waals surface area contributed by atoms with Gasteiger partial charge in [0.2, 0.25) is 0 Å². The number of carbonyl (C=O) groups is 1. The van der Waals surface area contributed by atoms with E-state index in [1.54, 1.807) is 12.3 Å². The molecule has 4 heteroatoms. The van der Waals surface area contributed by atoms with Crippen molar-refractivity contribution >= 4 is 5.78 Å². The third-order valence-corrected chi connectivity index (χ3v) is 5.26. The third kappa shape index (κ3) is 3.61. The summed E-state index contributed by atoms with van der Waals surface area (Å²) in [6, 6.07) is 24.0. The lowest BCUT2D eigenvalue weighted by molar-refractivity contribution is -0.0718. The topological polar surface area (TPSA) is 42.4 Å². The molecule has 0 radical (unpaired) electrons. The summed E-state index contributed by atoms with van der Waals surface area (Å²) in [6.45, 7) is 0. The first-order chi connectivity index (χ1) is 13.6. The van der Waals surface area contributed by atoms with Gasteiger partial charge in [0, 0.05) is 12.6 Å². The zero-order valence-electron chi connectivity index (χ0n) is 16.2. The van der Waals surface area contributed by atoms with Crippen LogP contribution in [0, 0.1) is 0 Å². The molecule has 2 aromatic carbocycles. The van der Waals surface area contributed by atoms with E-state index in [9.17, 15) is 4.79 Å². The summed E-state index contributed by atoms with van der Waals surface area (Å²) in [7, 11) is 4.14. The van der Waals surface area contributed by atoms with Crippen LogP contribution in [-0.2, 0) is 4.74 Å². The molecule has 2 heterocycles. The number of rotatable bonds is 5. The van der Waals surface area contributed by atoms with Gasteiger partial charge in [0.15, 0.2) is 5.78 Å². The van der Waals surface area contributed by atoms with Crippen LogP contribution in [0.15, 0.2) is 79.0 Å². The van der Waals surface area contributed by atoms with E-state index < -0.39 is 0 Å². The predicted molar refractivity (Wildman–Crippen MR) is 109 cm³/mol. The van der Waals surface area contributed by atoms with E-state index in [1.165, 1.54) is 5.56 Å². The number of ether oxygens (including phenoxy) is 1. The second-order valence-corrected chi connectivity index (χ2v) is 7.34. The number of carbonyl (C=O) groups excluding carboxylic acids is 1. The molecule has 28 heavy (non-hydrogen) atoms. The van der Waals surface area contributed by atoms with Crippen molar-refractivity contribution in [2.75, 3.05) is 14.1 Å². The molecule has 3 aromatic rings. The van der Waals surface area contributed by atoms with Gasteiger partial charge in [0.1, 0.15) is 11.8 Å². The molecular formula is C24H24N2O2. The Morgan fingerprint density at radius 2 is 1.61 bits per heavy atom. The Morgan fingerprint density at radius 3 is 2.29 bits per heavy atom. The Kier molecular flexibility index (Phi) is 5.33. The van der Waals surface area contributed by atoms with Crippen LogP contribution in [0.4, 0.5) is 0 Å². The van der Waals surface area contributed by atoms with Crippen LogP contribution in [0.5, 0.6) is 0 Å². The number of Topliss-reactive ketones (excluding diaryl/α,β-unsaturated/α-hetero) is 1. The van der Waals surface area contributed by atoms with Crippen molar-refractivity contribution in [2.24, 2.45) is 0 Å². The van der Waals surface area contributed by atoms with Crippen molar-refractivity contribution in [3.05, 3.63) is 101 Å². The standard InChI is InChI=1S/C24H24N2O2/c1-26(2)23-19-13-7-6-12-18(19)22(16-21(27)20-14-8-9-15-25-20)28-24(23)17-10-4-3-5-11-17/h3-15,22-24H,16H2,1-2H3/t22-,23-,24+/m0/s1. The van der Waals surface area contributed by atoms with E-state index in [0.29, 0.717) is 5.69 Å². The van der Waals surface area contributed by atoms with Crippen LogP contribution in [0.2, 0.25) is 0 Å². The average molecular weight is 372 g/mol. The lowest BCUT2D eigenvalue weighted by Gasteiger charge is -2.41. The molecule has 4 nitrogen and oxygen atoms in total. The van der Waals surface area contributed by atoms with Crippen molar-refractivity contribution in [2.45, 2.75) is 24.7 Å². The van der Waals surface area contributed by atoms with E-state index in [2.05, 4.69) is 54.3 Å². The molecule has 1 aliphatic heterocycles. The molecule has 0 spiro atoms. The second-order valence-electron chi connectivity index (χ2n) is 7.34. The van der Waals surface area contributed by atoms with Crippen molar-refractivity contribution in [1.82, 2.24) is 9.88 Å². The van der Waals surface area contributed by atoms with E-state index in [1.807, 2.05) is 36.4 Å². The van der Waals surface area contributed by atoms with Gasteiger partial charge in [-0.1, -0.05) is 60.7 Å². The van der Waals surface area contributed by atoms with Crippen LogP contribution in [0.25, 0.3) is 0 Å². The highest BCUT2D eigenvalue weighted by atomic mass is 16.5. The van der Waals surface area contributed by atoms with Crippen molar-refractivity contribution < 1.29 is 9.53 Å². The molecule has 0 amide bonds. The van der Waals surface area contributed by atoms with E-state index in [0.717, 1.165) is 11.1 Å². The summed E-state index contributed by atoms with van der Waals surface area (Å²) in [5, 5.41) is 0. The summed E-state index contributed by atoms with van der Waals surface area (Å²) in [5.74, 6) is -0.00415. The fraction of sp³-hybridized carbons (Fsp3) is 0.250. The van der Waals surface area contributed by atoms with Crippen LogP contribution in [0.1, 0.15) is 51.8 Å². The maximum absolute atomic E-state index is 12.8. The average Bonchev–Trinajstić information content (AvgIpc) is 2.74. The molecule has 0 saturated carbocycles. The molecule has 1 aromatic heterocycles.